The summed E-state index contributed by atoms with van der Waals surface area (Å²) >= 11 is 9.39. The highest BCUT2D eigenvalue weighted by Crippen LogP contribution is 2.28. The van der Waals surface area contributed by atoms with Gasteiger partial charge in [-0.1, -0.05) is 17.7 Å². The molecule has 0 saturated heterocycles. The summed E-state index contributed by atoms with van der Waals surface area (Å²) < 4.78 is 19.4. The fraction of sp³-hybridized carbons (Fsp3) is 0.200. The molecule has 0 aromatic heterocycles. The molecule has 0 aliphatic heterocycles. The van der Waals surface area contributed by atoms with Gasteiger partial charge in [0, 0.05) is 16.2 Å². The normalized spacial score (nSPS) is 12.1. The first-order valence-electron chi connectivity index (χ1n) is 6.06. The van der Waals surface area contributed by atoms with E-state index in [1.54, 1.807) is 6.07 Å². The van der Waals surface area contributed by atoms with E-state index in [0.717, 1.165) is 15.7 Å². The number of benzene rings is 2. The van der Waals surface area contributed by atoms with Gasteiger partial charge in [-0.2, -0.15) is 0 Å². The Morgan fingerprint density at radius 3 is 2.60 bits per heavy atom. The van der Waals surface area contributed by atoms with E-state index in [9.17, 15) is 4.39 Å². The van der Waals surface area contributed by atoms with Crippen LogP contribution in [-0.4, -0.2) is 7.11 Å². The molecule has 0 saturated carbocycles. The predicted molar refractivity (Wildman–Crippen MR) is 84.1 cm³/mol. The molecule has 1 unspecified atom stereocenters. The van der Waals surface area contributed by atoms with Crippen molar-refractivity contribution in [2.75, 3.05) is 12.4 Å². The van der Waals surface area contributed by atoms with Gasteiger partial charge >= 0.3 is 0 Å². The molecule has 0 fully saturated rings. The van der Waals surface area contributed by atoms with Crippen molar-refractivity contribution in [1.29, 1.82) is 0 Å². The van der Waals surface area contributed by atoms with E-state index >= 15 is 0 Å². The maximum Gasteiger partial charge on any atom is 0.165 e. The minimum Gasteiger partial charge on any atom is -0.494 e. The minimum absolute atomic E-state index is 0.0485. The van der Waals surface area contributed by atoms with Gasteiger partial charge in [-0.25, -0.2) is 4.39 Å². The lowest BCUT2D eigenvalue weighted by Crippen LogP contribution is -2.07. The zero-order valence-electron chi connectivity index (χ0n) is 11.1. The summed E-state index contributed by atoms with van der Waals surface area (Å²) in [5.41, 5.74) is 1.71. The van der Waals surface area contributed by atoms with Crippen molar-refractivity contribution in [3.05, 3.63) is 57.3 Å². The Hall–Kier alpha value is -1.26. The Bertz CT molecular complexity index is 621. The standard InChI is InChI=1S/C15H14BrClFNO/c1-9(10-3-6-15(20-2)14(18)7-10)19-11-4-5-12(16)13(17)8-11/h3-9,19H,1-2H3. The molecule has 2 nitrogen and oxygen atoms in total. The summed E-state index contributed by atoms with van der Waals surface area (Å²) in [6, 6.07) is 10.5. The molecule has 0 heterocycles. The van der Waals surface area contributed by atoms with Crippen LogP contribution < -0.4 is 10.1 Å². The maximum absolute atomic E-state index is 13.7. The van der Waals surface area contributed by atoms with E-state index in [4.69, 9.17) is 16.3 Å². The molecule has 1 N–H and O–H groups in total. The molecule has 0 aliphatic carbocycles. The zero-order chi connectivity index (χ0) is 14.7. The van der Waals surface area contributed by atoms with Gasteiger partial charge in [0.2, 0.25) is 0 Å². The SMILES string of the molecule is COc1ccc(C(C)Nc2ccc(Br)c(Cl)c2)cc1F. The van der Waals surface area contributed by atoms with E-state index in [1.165, 1.54) is 13.2 Å². The van der Waals surface area contributed by atoms with Gasteiger partial charge in [0.05, 0.1) is 12.1 Å². The van der Waals surface area contributed by atoms with Gasteiger partial charge in [-0.15, -0.1) is 0 Å². The molecule has 0 radical (unpaired) electrons. The van der Waals surface area contributed by atoms with Crippen molar-refractivity contribution in [2.24, 2.45) is 0 Å². The van der Waals surface area contributed by atoms with Crippen LogP contribution in [-0.2, 0) is 0 Å². The maximum atomic E-state index is 13.7. The number of ether oxygens (including phenoxy) is 1. The fourth-order valence-electron chi connectivity index (χ4n) is 1.87. The monoisotopic (exact) mass is 357 g/mol. The number of rotatable bonds is 4. The quantitative estimate of drug-likeness (QED) is 0.787. The third-order valence-electron chi connectivity index (χ3n) is 2.98. The highest BCUT2D eigenvalue weighted by molar-refractivity contribution is 9.10. The van der Waals surface area contributed by atoms with Crippen LogP contribution in [0.5, 0.6) is 5.75 Å². The fourth-order valence-corrected chi connectivity index (χ4v) is 2.30. The van der Waals surface area contributed by atoms with E-state index < -0.39 is 0 Å². The second-order valence-corrected chi connectivity index (χ2v) is 5.65. The number of nitrogens with one attached hydrogen (secondary N) is 1. The van der Waals surface area contributed by atoms with Crippen molar-refractivity contribution >= 4 is 33.2 Å². The van der Waals surface area contributed by atoms with Crippen LogP contribution >= 0.6 is 27.5 Å². The summed E-state index contributed by atoms with van der Waals surface area (Å²) in [6.07, 6.45) is 0. The van der Waals surface area contributed by atoms with Crippen molar-refractivity contribution < 1.29 is 9.13 Å². The summed E-state index contributed by atoms with van der Waals surface area (Å²) in [7, 11) is 1.45. The molecule has 0 aliphatic rings. The van der Waals surface area contributed by atoms with Gasteiger partial charge in [0.25, 0.3) is 0 Å². The van der Waals surface area contributed by atoms with Crippen molar-refractivity contribution in [3.63, 3.8) is 0 Å². The van der Waals surface area contributed by atoms with Crippen LogP contribution in [0.4, 0.5) is 10.1 Å². The summed E-state index contributed by atoms with van der Waals surface area (Å²) in [5, 5.41) is 3.91. The molecule has 0 amide bonds. The molecule has 5 heteroatoms. The lowest BCUT2D eigenvalue weighted by Gasteiger charge is -2.17. The average molecular weight is 359 g/mol. The number of methoxy groups -OCH3 is 1. The highest BCUT2D eigenvalue weighted by Gasteiger charge is 2.10. The van der Waals surface area contributed by atoms with E-state index in [1.807, 2.05) is 31.2 Å². The second kappa shape index (κ2) is 6.46. The Kier molecular flexibility index (Phi) is 4.89. The van der Waals surface area contributed by atoms with Crippen LogP contribution in [0, 0.1) is 5.82 Å². The van der Waals surface area contributed by atoms with Crippen LogP contribution in [0.25, 0.3) is 0 Å². The topological polar surface area (TPSA) is 21.3 Å². The third kappa shape index (κ3) is 3.44. The first-order chi connectivity index (χ1) is 9.51. The Morgan fingerprint density at radius 1 is 1.25 bits per heavy atom. The molecular weight excluding hydrogens is 345 g/mol. The van der Waals surface area contributed by atoms with Crippen LogP contribution in [0.2, 0.25) is 5.02 Å². The lowest BCUT2D eigenvalue weighted by atomic mass is 10.1. The van der Waals surface area contributed by atoms with Crippen LogP contribution in [0.3, 0.4) is 0 Å². The summed E-state index contributed by atoms with van der Waals surface area (Å²) in [6.45, 7) is 1.96. The molecule has 0 spiro atoms. The van der Waals surface area contributed by atoms with Crippen molar-refractivity contribution in [1.82, 2.24) is 0 Å². The Morgan fingerprint density at radius 2 is 2.00 bits per heavy atom. The molecule has 2 aromatic rings. The first kappa shape index (κ1) is 15.1. The average Bonchev–Trinajstić information content (AvgIpc) is 2.42. The highest BCUT2D eigenvalue weighted by atomic mass is 79.9. The van der Waals surface area contributed by atoms with Gasteiger partial charge < -0.3 is 10.1 Å². The number of hydrogen-bond donors (Lipinski definition) is 1. The minimum atomic E-state index is -0.368. The molecule has 2 aromatic carbocycles. The van der Waals surface area contributed by atoms with Crippen LogP contribution in [0.15, 0.2) is 40.9 Å². The zero-order valence-corrected chi connectivity index (χ0v) is 13.4. The number of hydrogen-bond acceptors (Lipinski definition) is 2. The molecule has 2 rings (SSSR count). The Labute approximate surface area is 131 Å². The summed E-state index contributed by atoms with van der Waals surface area (Å²) in [5.74, 6) is -0.125. The molecule has 106 valence electrons. The second-order valence-electron chi connectivity index (χ2n) is 4.39. The first-order valence-corrected chi connectivity index (χ1v) is 7.23. The predicted octanol–water partition coefficient (Wildman–Crippen LogP) is 5.42. The van der Waals surface area contributed by atoms with Crippen molar-refractivity contribution in [3.8, 4) is 5.75 Å². The van der Waals surface area contributed by atoms with Crippen LogP contribution in [0.1, 0.15) is 18.5 Å². The van der Waals surface area contributed by atoms with E-state index in [2.05, 4.69) is 21.2 Å². The Balaban J connectivity index is 2.17. The molecule has 20 heavy (non-hydrogen) atoms. The molecule has 1 atom stereocenters. The summed E-state index contributed by atoms with van der Waals surface area (Å²) in [4.78, 5) is 0. The van der Waals surface area contributed by atoms with Gasteiger partial charge in [0.15, 0.2) is 11.6 Å². The lowest BCUT2D eigenvalue weighted by molar-refractivity contribution is 0.386. The molecule has 0 bridgehead atoms. The number of halogens is 3. The van der Waals surface area contributed by atoms with Gasteiger partial charge in [-0.3, -0.25) is 0 Å². The van der Waals surface area contributed by atoms with Gasteiger partial charge in [-0.05, 0) is 58.7 Å². The van der Waals surface area contributed by atoms with Gasteiger partial charge in [0.1, 0.15) is 0 Å². The number of anilines is 1. The molecular formula is C15H14BrClFNO. The van der Waals surface area contributed by atoms with Crippen molar-refractivity contribution in [2.45, 2.75) is 13.0 Å². The third-order valence-corrected chi connectivity index (χ3v) is 4.21. The largest absolute Gasteiger partial charge is 0.494 e. The smallest absolute Gasteiger partial charge is 0.165 e. The van der Waals surface area contributed by atoms with E-state index in [-0.39, 0.29) is 17.6 Å². The van der Waals surface area contributed by atoms with E-state index in [0.29, 0.717) is 5.02 Å².